The number of rotatable bonds is 4. The smallest absolute Gasteiger partial charge is 0.433 e. The molecule has 9 nitrogen and oxygen atoms in total. The standard InChI is InChI=1S/C37H25Cl3F4N4O5/c1-46(30-25(38)13-15-27(45-30)37(42,43)44)48-31(50)23-11-10-22-24(28(23)32(48)51)16-35(39)33(52)47(18-8-6-17(41)7-9-18)34(53)36(35,40)29(22)21-12-14-26(49)20-5-3-2-4-19(20)21/h2-10,12-15,23-24,28-29,49H,11,16H2,1H3. The van der Waals surface area contributed by atoms with Crippen LogP contribution in [0.15, 0.2) is 84.4 Å². The second-order valence-electron chi connectivity index (χ2n) is 13.5. The molecule has 2 saturated heterocycles. The minimum atomic E-state index is -4.85. The zero-order valence-corrected chi connectivity index (χ0v) is 29.5. The Hall–Kier alpha value is -4.72. The van der Waals surface area contributed by atoms with Gasteiger partial charge in [-0.05, 0) is 72.2 Å². The van der Waals surface area contributed by atoms with Crippen LogP contribution in [0.4, 0.5) is 29.1 Å². The first-order valence-corrected chi connectivity index (χ1v) is 17.4. The van der Waals surface area contributed by atoms with Crippen LogP contribution < -0.4 is 9.91 Å². The number of amides is 4. The number of nitrogens with zero attached hydrogens (tertiary/aromatic N) is 4. The van der Waals surface area contributed by atoms with Gasteiger partial charge in [-0.3, -0.25) is 24.2 Å². The first-order chi connectivity index (χ1) is 25.0. The summed E-state index contributed by atoms with van der Waals surface area (Å²) in [5, 5.41) is 13.0. The summed E-state index contributed by atoms with van der Waals surface area (Å²) in [5.74, 6) is -8.98. The molecular weight excluding hydrogens is 763 g/mol. The molecule has 6 unspecified atom stereocenters. The minimum absolute atomic E-state index is 0.00498. The number of phenols is 1. The maximum absolute atomic E-state index is 14.7. The lowest BCUT2D eigenvalue weighted by atomic mass is 9.56. The Labute approximate surface area is 313 Å². The van der Waals surface area contributed by atoms with E-state index >= 15 is 0 Å². The first-order valence-electron chi connectivity index (χ1n) is 16.3. The van der Waals surface area contributed by atoms with E-state index < -0.39 is 80.6 Å². The van der Waals surface area contributed by atoms with Crippen LogP contribution in [0.2, 0.25) is 5.02 Å². The van der Waals surface area contributed by atoms with Crippen molar-refractivity contribution in [1.29, 1.82) is 0 Å². The fourth-order valence-corrected chi connectivity index (χ4v) is 9.65. The molecule has 272 valence electrons. The van der Waals surface area contributed by atoms with Gasteiger partial charge in [-0.25, -0.2) is 14.3 Å². The molecule has 0 spiro atoms. The summed E-state index contributed by atoms with van der Waals surface area (Å²) < 4.78 is 54.8. The third-order valence-corrected chi connectivity index (χ3v) is 12.6. The number of halogens is 7. The maximum atomic E-state index is 14.7. The van der Waals surface area contributed by atoms with Crippen molar-refractivity contribution in [3.8, 4) is 5.75 Å². The number of aromatic nitrogens is 1. The molecule has 53 heavy (non-hydrogen) atoms. The average Bonchev–Trinajstić information content (AvgIpc) is 3.46. The van der Waals surface area contributed by atoms with Crippen molar-refractivity contribution in [2.45, 2.75) is 34.7 Å². The number of hydrogen-bond acceptors (Lipinski definition) is 7. The van der Waals surface area contributed by atoms with Crippen LogP contribution >= 0.6 is 34.8 Å². The Morgan fingerprint density at radius 2 is 1.57 bits per heavy atom. The predicted octanol–water partition coefficient (Wildman–Crippen LogP) is 7.37. The van der Waals surface area contributed by atoms with Gasteiger partial charge >= 0.3 is 6.18 Å². The van der Waals surface area contributed by atoms with Gasteiger partial charge in [0, 0.05) is 18.4 Å². The van der Waals surface area contributed by atoms with E-state index in [1.54, 1.807) is 36.4 Å². The van der Waals surface area contributed by atoms with E-state index in [4.69, 9.17) is 34.8 Å². The van der Waals surface area contributed by atoms with Crippen molar-refractivity contribution in [3.63, 3.8) is 0 Å². The zero-order valence-electron chi connectivity index (χ0n) is 27.2. The lowest BCUT2D eigenvalue weighted by Crippen LogP contribution is -2.60. The van der Waals surface area contributed by atoms with Gasteiger partial charge in [-0.2, -0.15) is 18.2 Å². The van der Waals surface area contributed by atoms with Crippen molar-refractivity contribution in [2.24, 2.45) is 17.8 Å². The lowest BCUT2D eigenvalue weighted by Gasteiger charge is -2.51. The summed E-state index contributed by atoms with van der Waals surface area (Å²) in [6.07, 6.45) is -3.58. The summed E-state index contributed by atoms with van der Waals surface area (Å²) in [6, 6.07) is 16.0. The van der Waals surface area contributed by atoms with E-state index in [0.717, 1.165) is 28.1 Å². The van der Waals surface area contributed by atoms with Crippen LogP contribution in [0.25, 0.3) is 10.8 Å². The number of anilines is 2. The largest absolute Gasteiger partial charge is 0.507 e. The number of pyridine rings is 1. The van der Waals surface area contributed by atoms with Crippen molar-refractivity contribution in [1.82, 2.24) is 9.99 Å². The van der Waals surface area contributed by atoms with E-state index in [1.807, 2.05) is 0 Å². The van der Waals surface area contributed by atoms with Crippen molar-refractivity contribution in [2.75, 3.05) is 17.0 Å². The molecule has 4 aromatic rings. The Morgan fingerprint density at radius 1 is 0.887 bits per heavy atom. The zero-order chi connectivity index (χ0) is 37.9. The number of phenolic OH excluding ortho intramolecular Hbond substituents is 1. The monoisotopic (exact) mass is 786 g/mol. The van der Waals surface area contributed by atoms with Crippen LogP contribution in [0, 0.1) is 23.6 Å². The van der Waals surface area contributed by atoms with E-state index in [-0.39, 0.29) is 29.3 Å². The van der Waals surface area contributed by atoms with Crippen LogP contribution in [-0.2, 0) is 25.4 Å². The molecular formula is C37H25Cl3F4N4O5. The molecule has 2 aliphatic heterocycles. The minimum Gasteiger partial charge on any atom is -0.507 e. The number of benzene rings is 3. The molecule has 2 aliphatic carbocycles. The molecule has 4 aliphatic rings. The third kappa shape index (κ3) is 4.86. The van der Waals surface area contributed by atoms with E-state index in [1.165, 1.54) is 25.2 Å². The maximum Gasteiger partial charge on any atom is 0.433 e. The van der Waals surface area contributed by atoms with Crippen LogP contribution in [0.1, 0.15) is 30.0 Å². The van der Waals surface area contributed by atoms with Gasteiger partial charge in [0.1, 0.15) is 17.3 Å². The Morgan fingerprint density at radius 3 is 2.25 bits per heavy atom. The van der Waals surface area contributed by atoms with Crippen LogP contribution in [0.5, 0.6) is 5.75 Å². The van der Waals surface area contributed by atoms with Gasteiger partial charge in [-0.1, -0.05) is 53.6 Å². The number of aromatic hydroxyl groups is 1. The highest BCUT2D eigenvalue weighted by molar-refractivity contribution is 6.58. The second-order valence-corrected chi connectivity index (χ2v) is 15.1. The average molecular weight is 788 g/mol. The fraction of sp³-hybridized carbons (Fsp3) is 0.270. The molecule has 0 bridgehead atoms. The number of hydrogen-bond donors (Lipinski definition) is 1. The van der Waals surface area contributed by atoms with Crippen molar-refractivity contribution < 1.29 is 41.8 Å². The number of carbonyl (C=O) groups is 4. The van der Waals surface area contributed by atoms with E-state index in [9.17, 15) is 41.8 Å². The molecule has 0 radical (unpaired) electrons. The number of alkyl halides is 5. The summed E-state index contributed by atoms with van der Waals surface area (Å²) in [4.78, 5) is 57.7. The van der Waals surface area contributed by atoms with Crippen LogP contribution in [-0.4, -0.2) is 55.5 Å². The fourth-order valence-electron chi connectivity index (χ4n) is 8.49. The SMILES string of the molecule is CN(c1nc(C(F)(F)F)ccc1Cl)N1C(=O)C2CC=C3C(CC4(Cl)C(=O)N(c5ccc(F)cc5)C(=O)C4(Cl)C3c3ccc(O)c4ccccc34)C2C1=O. The van der Waals surface area contributed by atoms with E-state index in [0.29, 0.717) is 33.0 Å². The molecule has 8 rings (SSSR count). The summed E-state index contributed by atoms with van der Waals surface area (Å²) in [7, 11) is 1.19. The molecule has 6 atom stereocenters. The first kappa shape index (κ1) is 35.3. The highest BCUT2D eigenvalue weighted by Crippen LogP contribution is 2.66. The molecule has 1 saturated carbocycles. The quantitative estimate of drug-likeness (QED) is 0.0996. The highest BCUT2D eigenvalue weighted by atomic mass is 35.5. The molecule has 16 heteroatoms. The number of allylic oxidation sites excluding steroid dienone is 2. The third-order valence-electron chi connectivity index (χ3n) is 10.8. The summed E-state index contributed by atoms with van der Waals surface area (Å²) in [5.41, 5.74) is -0.444. The number of carbonyl (C=O) groups excluding carboxylic acids is 4. The second kappa shape index (κ2) is 11.9. The van der Waals surface area contributed by atoms with Gasteiger partial charge in [0.15, 0.2) is 15.6 Å². The molecule has 1 aromatic heterocycles. The van der Waals surface area contributed by atoms with Crippen molar-refractivity contribution >= 4 is 80.7 Å². The number of imide groups is 2. The lowest BCUT2D eigenvalue weighted by molar-refractivity contribution is -0.141. The topological polar surface area (TPSA) is 111 Å². The van der Waals surface area contributed by atoms with Gasteiger partial charge in [0.2, 0.25) is 0 Å². The predicted molar refractivity (Wildman–Crippen MR) is 187 cm³/mol. The molecule has 1 N–H and O–H groups in total. The Balaban J connectivity index is 1.29. The summed E-state index contributed by atoms with van der Waals surface area (Å²) in [6.45, 7) is 0. The molecule has 3 heterocycles. The van der Waals surface area contributed by atoms with Gasteiger partial charge in [0.05, 0.1) is 22.5 Å². The Kier molecular flexibility index (Phi) is 7.92. The van der Waals surface area contributed by atoms with E-state index in [2.05, 4.69) is 4.98 Å². The number of hydrazine groups is 1. The molecule has 3 aromatic carbocycles. The molecule has 4 amide bonds. The number of fused-ring (bicyclic) bond motifs is 5. The van der Waals surface area contributed by atoms with Crippen molar-refractivity contribution in [3.05, 3.63) is 107 Å². The van der Waals surface area contributed by atoms with Gasteiger partial charge < -0.3 is 5.11 Å². The van der Waals surface area contributed by atoms with Gasteiger partial charge in [-0.15, -0.1) is 23.2 Å². The van der Waals surface area contributed by atoms with Crippen LogP contribution in [0.3, 0.4) is 0 Å². The van der Waals surface area contributed by atoms with Gasteiger partial charge in [0.25, 0.3) is 23.6 Å². The molecule has 3 fully saturated rings. The Bertz CT molecular complexity index is 2320. The summed E-state index contributed by atoms with van der Waals surface area (Å²) >= 11 is 21.2. The normalized spacial score (nSPS) is 28.3. The highest BCUT2D eigenvalue weighted by Gasteiger charge is 2.77.